The summed E-state index contributed by atoms with van der Waals surface area (Å²) in [5.74, 6) is 0.256. The number of fused-ring (bicyclic) bond motifs is 1. The van der Waals surface area contributed by atoms with Crippen molar-refractivity contribution in [3.8, 4) is 0 Å². The molecule has 5 heteroatoms. The van der Waals surface area contributed by atoms with Crippen molar-refractivity contribution in [2.24, 2.45) is 5.41 Å². The molecule has 1 atom stereocenters. The van der Waals surface area contributed by atoms with Crippen molar-refractivity contribution in [2.75, 3.05) is 32.8 Å². The highest BCUT2D eigenvalue weighted by Crippen LogP contribution is 2.39. The lowest BCUT2D eigenvalue weighted by Gasteiger charge is -2.48. The van der Waals surface area contributed by atoms with Gasteiger partial charge in [-0.1, -0.05) is 18.2 Å². The molecule has 1 aromatic heterocycles. The molecule has 2 saturated heterocycles. The van der Waals surface area contributed by atoms with Gasteiger partial charge in [0.2, 0.25) is 5.91 Å². The number of carbonyl (C=O) groups excluding carboxylic acids is 1. The van der Waals surface area contributed by atoms with Gasteiger partial charge in [0.15, 0.2) is 0 Å². The van der Waals surface area contributed by atoms with Crippen molar-refractivity contribution >= 4 is 16.8 Å². The van der Waals surface area contributed by atoms with E-state index in [2.05, 4.69) is 34.1 Å². The van der Waals surface area contributed by atoms with Crippen molar-refractivity contribution in [1.29, 1.82) is 0 Å². The number of nitrogens with zero attached hydrogens (tertiary/aromatic N) is 3. The van der Waals surface area contributed by atoms with Gasteiger partial charge in [-0.15, -0.1) is 0 Å². The largest absolute Gasteiger partial charge is 0.396 e. The molecule has 1 amide bonds. The van der Waals surface area contributed by atoms with Crippen LogP contribution < -0.4 is 0 Å². The molecule has 5 nitrogen and oxygen atoms in total. The average Bonchev–Trinajstić information content (AvgIpc) is 2.69. The van der Waals surface area contributed by atoms with Crippen LogP contribution in [0, 0.1) is 5.41 Å². The number of rotatable bonds is 5. The topological polar surface area (TPSA) is 56.7 Å². The van der Waals surface area contributed by atoms with E-state index in [-0.39, 0.29) is 17.9 Å². The first kappa shape index (κ1) is 18.4. The molecule has 0 unspecified atom stereocenters. The highest BCUT2D eigenvalue weighted by molar-refractivity contribution is 5.81. The van der Waals surface area contributed by atoms with E-state index in [0.717, 1.165) is 38.1 Å². The van der Waals surface area contributed by atoms with Crippen LogP contribution in [0.4, 0.5) is 0 Å². The average molecular weight is 367 g/mol. The van der Waals surface area contributed by atoms with Crippen LogP contribution in [0.25, 0.3) is 10.9 Å². The summed E-state index contributed by atoms with van der Waals surface area (Å²) in [4.78, 5) is 21.3. The molecule has 0 radical (unpaired) electrons. The summed E-state index contributed by atoms with van der Waals surface area (Å²) in [5, 5.41) is 10.4. The van der Waals surface area contributed by atoms with Gasteiger partial charge in [-0.3, -0.25) is 14.7 Å². The van der Waals surface area contributed by atoms with E-state index >= 15 is 0 Å². The number of hydrogen-bond donors (Lipinski definition) is 1. The van der Waals surface area contributed by atoms with Crippen LogP contribution in [0.3, 0.4) is 0 Å². The number of aromatic nitrogens is 1. The zero-order valence-corrected chi connectivity index (χ0v) is 15.9. The van der Waals surface area contributed by atoms with Gasteiger partial charge in [-0.2, -0.15) is 0 Å². The second kappa shape index (κ2) is 7.95. The predicted molar refractivity (Wildman–Crippen MR) is 106 cm³/mol. The summed E-state index contributed by atoms with van der Waals surface area (Å²) >= 11 is 0. The molecule has 2 aliphatic heterocycles. The first-order chi connectivity index (χ1) is 13.2. The lowest BCUT2D eigenvalue weighted by atomic mass is 9.73. The summed E-state index contributed by atoms with van der Waals surface area (Å²) in [7, 11) is 0. The summed E-state index contributed by atoms with van der Waals surface area (Å²) < 4.78 is 0. The van der Waals surface area contributed by atoms with Gasteiger partial charge < -0.3 is 10.0 Å². The van der Waals surface area contributed by atoms with E-state index in [9.17, 15) is 4.79 Å². The number of likely N-dealkylation sites (tertiary alicyclic amines) is 2. The van der Waals surface area contributed by atoms with Crippen molar-refractivity contribution in [3.05, 3.63) is 42.1 Å². The van der Waals surface area contributed by atoms with Crippen LogP contribution in [-0.4, -0.2) is 58.6 Å². The fourth-order valence-corrected chi connectivity index (χ4v) is 4.88. The zero-order valence-electron chi connectivity index (χ0n) is 15.9. The van der Waals surface area contributed by atoms with Crippen LogP contribution in [0.1, 0.15) is 37.7 Å². The van der Waals surface area contributed by atoms with Gasteiger partial charge in [-0.25, -0.2) is 0 Å². The Balaban J connectivity index is 1.48. The predicted octanol–water partition coefficient (Wildman–Crippen LogP) is 2.82. The Morgan fingerprint density at radius 1 is 1.15 bits per heavy atom. The van der Waals surface area contributed by atoms with Crippen molar-refractivity contribution in [3.63, 3.8) is 0 Å². The fourth-order valence-electron chi connectivity index (χ4n) is 4.88. The molecule has 1 spiro atoms. The second-order valence-electron chi connectivity index (χ2n) is 8.19. The lowest BCUT2D eigenvalue weighted by Crippen LogP contribution is -2.54. The number of aliphatic hydroxyl groups excluding tert-OH is 1. The highest BCUT2D eigenvalue weighted by atomic mass is 16.3. The number of piperidine rings is 2. The molecule has 144 valence electrons. The third-order valence-corrected chi connectivity index (χ3v) is 6.21. The monoisotopic (exact) mass is 367 g/mol. The van der Waals surface area contributed by atoms with Gasteiger partial charge in [0.25, 0.3) is 0 Å². The number of benzene rings is 1. The first-order valence-corrected chi connectivity index (χ1v) is 10.1. The second-order valence-corrected chi connectivity index (χ2v) is 8.19. The van der Waals surface area contributed by atoms with Gasteiger partial charge in [0, 0.05) is 56.2 Å². The third-order valence-electron chi connectivity index (χ3n) is 6.21. The van der Waals surface area contributed by atoms with Gasteiger partial charge in [0.1, 0.15) is 0 Å². The Kier molecular flexibility index (Phi) is 5.41. The van der Waals surface area contributed by atoms with E-state index in [1.807, 2.05) is 17.2 Å². The minimum Gasteiger partial charge on any atom is -0.396 e. The molecule has 2 aromatic rings. The molecule has 27 heavy (non-hydrogen) atoms. The quantitative estimate of drug-likeness (QED) is 0.883. The Morgan fingerprint density at radius 3 is 2.93 bits per heavy atom. The maximum absolute atomic E-state index is 12.3. The Labute approximate surface area is 161 Å². The third kappa shape index (κ3) is 3.99. The zero-order chi connectivity index (χ0) is 18.7. The van der Waals surface area contributed by atoms with Crippen LogP contribution in [0.15, 0.2) is 36.5 Å². The Bertz CT molecular complexity index is 804. The number of carbonyl (C=O) groups is 1. The fraction of sp³-hybridized carbons (Fsp3) is 0.545. The Hall–Kier alpha value is -1.98. The number of aliphatic hydroxyl groups is 1. The van der Waals surface area contributed by atoms with E-state index < -0.39 is 0 Å². The summed E-state index contributed by atoms with van der Waals surface area (Å²) in [6.45, 7) is 4.79. The van der Waals surface area contributed by atoms with Crippen LogP contribution in [0.2, 0.25) is 0 Å². The molecular formula is C22H29N3O2. The van der Waals surface area contributed by atoms with E-state index in [1.165, 1.54) is 23.8 Å². The first-order valence-electron chi connectivity index (χ1n) is 10.1. The van der Waals surface area contributed by atoms with E-state index in [4.69, 9.17) is 5.11 Å². The number of pyridine rings is 1. The van der Waals surface area contributed by atoms with Crippen LogP contribution in [-0.2, 0) is 11.3 Å². The SMILES string of the molecule is O=C1CC[C@@]2(CCCN(Cc3ccnc4ccccc34)C2)CN1CCCO. The molecule has 2 aliphatic rings. The minimum atomic E-state index is 0.151. The van der Waals surface area contributed by atoms with Crippen molar-refractivity contribution < 1.29 is 9.90 Å². The number of hydrogen-bond acceptors (Lipinski definition) is 4. The molecule has 1 aromatic carbocycles. The molecule has 0 aliphatic carbocycles. The maximum atomic E-state index is 12.3. The summed E-state index contributed by atoms with van der Waals surface area (Å²) in [6, 6.07) is 10.5. The molecule has 4 rings (SSSR count). The van der Waals surface area contributed by atoms with E-state index in [0.29, 0.717) is 19.4 Å². The molecule has 0 bridgehead atoms. The summed E-state index contributed by atoms with van der Waals surface area (Å²) in [6.07, 6.45) is 6.61. The van der Waals surface area contributed by atoms with Gasteiger partial charge in [0.05, 0.1) is 5.52 Å². The Morgan fingerprint density at radius 2 is 2.04 bits per heavy atom. The molecule has 3 heterocycles. The molecular weight excluding hydrogens is 338 g/mol. The smallest absolute Gasteiger partial charge is 0.222 e. The van der Waals surface area contributed by atoms with Crippen LogP contribution >= 0.6 is 0 Å². The molecule has 0 saturated carbocycles. The maximum Gasteiger partial charge on any atom is 0.222 e. The van der Waals surface area contributed by atoms with Crippen molar-refractivity contribution in [1.82, 2.24) is 14.8 Å². The number of amides is 1. The van der Waals surface area contributed by atoms with Gasteiger partial charge >= 0.3 is 0 Å². The minimum absolute atomic E-state index is 0.151. The highest BCUT2D eigenvalue weighted by Gasteiger charge is 2.41. The molecule has 2 fully saturated rings. The number of para-hydroxylation sites is 1. The van der Waals surface area contributed by atoms with Gasteiger partial charge in [-0.05, 0) is 49.9 Å². The molecule has 1 N–H and O–H groups in total. The van der Waals surface area contributed by atoms with Crippen molar-refractivity contribution in [2.45, 2.75) is 38.6 Å². The standard InChI is InChI=1S/C22H29N3O2/c26-14-4-13-25-17-22(10-7-21(25)27)9-3-12-24(16-22)15-18-8-11-23-20-6-2-1-5-19(18)20/h1-2,5-6,8,11,26H,3-4,7,9-10,12-17H2/t22-/m1/s1. The lowest BCUT2D eigenvalue weighted by molar-refractivity contribution is -0.139. The van der Waals surface area contributed by atoms with Crippen LogP contribution in [0.5, 0.6) is 0 Å². The summed E-state index contributed by atoms with van der Waals surface area (Å²) in [5.41, 5.74) is 2.60. The normalized spacial score (nSPS) is 24.0. The van der Waals surface area contributed by atoms with E-state index in [1.54, 1.807) is 0 Å².